The second kappa shape index (κ2) is 16.0. The zero-order valence-electron chi connectivity index (χ0n) is 27.8. The van der Waals surface area contributed by atoms with Crippen molar-refractivity contribution < 1.29 is 23.5 Å². The summed E-state index contributed by atoms with van der Waals surface area (Å²) < 4.78 is 23.9. The summed E-state index contributed by atoms with van der Waals surface area (Å²) in [6.45, 7) is 4.07. The van der Waals surface area contributed by atoms with E-state index in [0.717, 1.165) is 50.8 Å². The highest BCUT2D eigenvalue weighted by molar-refractivity contribution is 5.93. The van der Waals surface area contributed by atoms with Crippen molar-refractivity contribution in [1.82, 2.24) is 4.90 Å². The lowest BCUT2D eigenvalue weighted by Crippen LogP contribution is -2.36. The fourth-order valence-electron chi connectivity index (χ4n) is 7.26. The molecule has 0 aromatic heterocycles. The Labute approximate surface area is 278 Å². The summed E-state index contributed by atoms with van der Waals surface area (Å²) in [4.78, 5) is 27.9. The molecule has 246 valence electrons. The van der Waals surface area contributed by atoms with E-state index in [0.29, 0.717) is 30.6 Å². The fraction of sp³-hybridized carbons (Fsp3) is 0.366. The van der Waals surface area contributed by atoms with Crippen LogP contribution in [0.15, 0.2) is 97.1 Å². The Morgan fingerprint density at radius 3 is 2.11 bits per heavy atom. The van der Waals surface area contributed by atoms with Crippen LogP contribution in [0, 0.1) is 5.82 Å². The number of benzene rings is 4. The highest BCUT2D eigenvalue weighted by atomic mass is 19.1. The van der Waals surface area contributed by atoms with Crippen LogP contribution >= 0.6 is 0 Å². The molecule has 0 N–H and O–H groups in total. The topological polar surface area (TPSA) is 55.8 Å². The molecule has 1 atom stereocenters. The Morgan fingerprint density at radius 1 is 0.851 bits per heavy atom. The maximum Gasteiger partial charge on any atom is 0.341 e. The van der Waals surface area contributed by atoms with E-state index < -0.39 is 0 Å². The molecule has 5 rings (SSSR count). The summed E-state index contributed by atoms with van der Waals surface area (Å²) in [6, 6.07) is 32.0. The van der Waals surface area contributed by atoms with Gasteiger partial charge in [-0.05, 0) is 104 Å². The number of fused-ring (bicyclic) bond motifs is 1. The summed E-state index contributed by atoms with van der Waals surface area (Å²) in [5, 5.41) is 0. The lowest BCUT2D eigenvalue weighted by molar-refractivity contribution is -0.119. The van der Waals surface area contributed by atoms with E-state index >= 15 is 0 Å². The number of carbonyl (C=O) groups is 2. The van der Waals surface area contributed by atoms with Crippen molar-refractivity contribution in [3.8, 4) is 5.75 Å². The predicted octanol–water partition coefficient (Wildman–Crippen LogP) is 8.68. The summed E-state index contributed by atoms with van der Waals surface area (Å²) >= 11 is 0. The first kappa shape index (κ1) is 34.1. The van der Waals surface area contributed by atoms with Gasteiger partial charge < -0.3 is 9.47 Å². The van der Waals surface area contributed by atoms with Gasteiger partial charge in [-0.25, -0.2) is 9.18 Å². The van der Waals surface area contributed by atoms with Crippen LogP contribution < -0.4 is 4.74 Å². The second-order valence-electron chi connectivity index (χ2n) is 12.6. The Morgan fingerprint density at radius 2 is 1.49 bits per heavy atom. The molecule has 6 heteroatoms. The predicted molar refractivity (Wildman–Crippen MR) is 185 cm³/mol. The maximum absolute atomic E-state index is 13.3. The molecule has 5 nitrogen and oxygen atoms in total. The highest BCUT2D eigenvalue weighted by Crippen LogP contribution is 2.42. The molecule has 1 aliphatic heterocycles. The third-order valence-corrected chi connectivity index (χ3v) is 9.90. The van der Waals surface area contributed by atoms with Gasteiger partial charge in [-0.2, -0.15) is 0 Å². The number of methoxy groups -OCH3 is 2. The molecule has 0 radical (unpaired) electrons. The van der Waals surface area contributed by atoms with Crippen molar-refractivity contribution in [2.24, 2.45) is 0 Å². The average Bonchev–Trinajstić information content (AvgIpc) is 3.11. The molecule has 0 saturated heterocycles. The molecule has 0 fully saturated rings. The van der Waals surface area contributed by atoms with Gasteiger partial charge in [-0.1, -0.05) is 72.8 Å². The molecule has 47 heavy (non-hydrogen) atoms. The molecule has 4 aromatic rings. The van der Waals surface area contributed by atoms with Gasteiger partial charge >= 0.3 is 5.97 Å². The van der Waals surface area contributed by atoms with Gasteiger partial charge in [-0.3, -0.25) is 9.69 Å². The average molecular weight is 636 g/mol. The first-order chi connectivity index (χ1) is 22.8. The van der Waals surface area contributed by atoms with Gasteiger partial charge in [0, 0.05) is 30.8 Å². The quantitative estimate of drug-likeness (QED) is 0.122. The number of nitrogens with zero attached hydrogens (tertiary/aromatic N) is 1. The van der Waals surface area contributed by atoms with E-state index in [1.165, 1.54) is 41.5 Å². The van der Waals surface area contributed by atoms with Crippen molar-refractivity contribution in [1.29, 1.82) is 0 Å². The minimum Gasteiger partial charge on any atom is -0.496 e. The molecule has 1 aliphatic rings. The zero-order chi connectivity index (χ0) is 33.2. The van der Waals surface area contributed by atoms with E-state index in [-0.39, 0.29) is 29.0 Å². The molecule has 1 unspecified atom stereocenters. The summed E-state index contributed by atoms with van der Waals surface area (Å²) in [5.74, 6) is 0.152. The molecule has 0 aliphatic carbocycles. The minimum absolute atomic E-state index is 0.181. The van der Waals surface area contributed by atoms with E-state index in [9.17, 15) is 14.0 Å². The number of hydrogen-bond acceptors (Lipinski definition) is 5. The van der Waals surface area contributed by atoms with Crippen LogP contribution in [0.2, 0.25) is 0 Å². The number of esters is 1. The number of Topliss-reactive ketones (excluding diaryl/α,β-unsaturated/α-hetero) is 1. The molecule has 0 bridgehead atoms. The van der Waals surface area contributed by atoms with Gasteiger partial charge in [0.1, 0.15) is 22.9 Å². The largest absolute Gasteiger partial charge is 0.496 e. The first-order valence-electron chi connectivity index (χ1n) is 16.7. The van der Waals surface area contributed by atoms with Crippen LogP contribution in [-0.2, 0) is 27.8 Å². The summed E-state index contributed by atoms with van der Waals surface area (Å²) in [5.41, 5.74) is 6.15. The first-order valence-corrected chi connectivity index (χ1v) is 16.7. The van der Waals surface area contributed by atoms with E-state index in [4.69, 9.17) is 9.47 Å². The standard InChI is InChI=1S/C41H46FNO4/c1-30-37-29-39(46-2)38(40(45)47-3)28-32(37)23-27-43(30)26-11-25-41(33-12-6-4-7-13-33,34-14-8-5-9-15-34)24-10-16-36(44)22-19-31-17-20-35(42)21-18-31/h4-9,12-15,17-18,20-21,28-30H,10-11,16,19,22-27H2,1-3H3. The van der Waals surface area contributed by atoms with Crippen LogP contribution in [0.5, 0.6) is 5.75 Å². The SMILES string of the molecule is COC(=O)c1cc2c(cc1OC)C(C)N(CCCC(CCCC(=O)CCc1ccc(F)cc1)(c1ccccc1)c1ccccc1)CC2. The van der Waals surface area contributed by atoms with Gasteiger partial charge in [0.2, 0.25) is 0 Å². The number of ether oxygens (including phenoxy) is 2. The third-order valence-electron chi connectivity index (χ3n) is 9.90. The Hall–Kier alpha value is -4.29. The fourth-order valence-corrected chi connectivity index (χ4v) is 7.26. The van der Waals surface area contributed by atoms with Crippen molar-refractivity contribution in [2.45, 2.75) is 69.7 Å². The molecule has 0 saturated carbocycles. The molecule has 0 amide bonds. The van der Waals surface area contributed by atoms with Crippen molar-refractivity contribution in [2.75, 3.05) is 27.3 Å². The van der Waals surface area contributed by atoms with Crippen LogP contribution in [-0.4, -0.2) is 44.0 Å². The van der Waals surface area contributed by atoms with E-state index in [1.807, 2.05) is 12.1 Å². The molecule has 4 aromatic carbocycles. The van der Waals surface area contributed by atoms with Gasteiger partial charge in [0.05, 0.1) is 14.2 Å². The lowest BCUT2D eigenvalue weighted by atomic mass is 9.68. The lowest BCUT2D eigenvalue weighted by Gasteiger charge is -2.39. The van der Waals surface area contributed by atoms with Crippen LogP contribution in [0.1, 0.15) is 89.7 Å². The molecule has 0 spiro atoms. The maximum atomic E-state index is 13.3. The van der Waals surface area contributed by atoms with Gasteiger partial charge in [-0.15, -0.1) is 0 Å². The Bertz CT molecular complexity index is 1580. The minimum atomic E-state index is -0.382. The van der Waals surface area contributed by atoms with Crippen molar-refractivity contribution in [3.63, 3.8) is 0 Å². The Balaban J connectivity index is 1.30. The Kier molecular flexibility index (Phi) is 11.6. The number of carbonyl (C=O) groups excluding carboxylic acids is 2. The van der Waals surface area contributed by atoms with Gasteiger partial charge in [0.15, 0.2) is 0 Å². The van der Waals surface area contributed by atoms with E-state index in [1.54, 1.807) is 19.2 Å². The smallest absolute Gasteiger partial charge is 0.341 e. The zero-order valence-corrected chi connectivity index (χ0v) is 27.8. The second-order valence-corrected chi connectivity index (χ2v) is 12.6. The molecule has 1 heterocycles. The number of aryl methyl sites for hydroxylation is 1. The summed E-state index contributed by atoms with van der Waals surface area (Å²) in [7, 11) is 2.98. The number of rotatable bonds is 15. The summed E-state index contributed by atoms with van der Waals surface area (Å²) in [6.07, 6.45) is 6.08. The molecular weight excluding hydrogens is 589 g/mol. The number of ketones is 1. The number of hydrogen-bond donors (Lipinski definition) is 0. The normalized spacial score (nSPS) is 14.8. The van der Waals surface area contributed by atoms with E-state index in [2.05, 4.69) is 72.5 Å². The van der Waals surface area contributed by atoms with Gasteiger partial charge in [0.25, 0.3) is 0 Å². The van der Waals surface area contributed by atoms with Crippen LogP contribution in [0.25, 0.3) is 0 Å². The third kappa shape index (κ3) is 8.17. The van der Waals surface area contributed by atoms with Crippen molar-refractivity contribution >= 4 is 11.8 Å². The van der Waals surface area contributed by atoms with Crippen LogP contribution in [0.4, 0.5) is 4.39 Å². The van der Waals surface area contributed by atoms with Crippen molar-refractivity contribution in [3.05, 3.63) is 136 Å². The molecular formula is C41H46FNO4. The monoisotopic (exact) mass is 635 g/mol. The number of halogens is 1. The van der Waals surface area contributed by atoms with Crippen LogP contribution in [0.3, 0.4) is 0 Å². The highest BCUT2D eigenvalue weighted by Gasteiger charge is 2.34.